The van der Waals surface area contributed by atoms with Gasteiger partial charge in [0.05, 0.1) is 6.04 Å². The standard InChI is InChI=1S/C17H20N2S2/c1-11-4-5-14(10-12(11)2)18-17(20)19-8-6-16-15(13(19)3)7-9-21-16/h4-5,7,9-10,13H,6,8H2,1-3H3,(H,18,20)/t13-/m1/s1. The Morgan fingerprint density at radius 1 is 1.29 bits per heavy atom. The fourth-order valence-corrected chi connectivity index (χ4v) is 4.13. The van der Waals surface area contributed by atoms with Gasteiger partial charge in [0.2, 0.25) is 0 Å². The van der Waals surface area contributed by atoms with E-state index in [1.807, 2.05) is 11.3 Å². The second-order valence-corrected chi connectivity index (χ2v) is 7.04. The highest BCUT2D eigenvalue weighted by Gasteiger charge is 2.26. The van der Waals surface area contributed by atoms with E-state index in [-0.39, 0.29) is 0 Å². The largest absolute Gasteiger partial charge is 0.342 e. The summed E-state index contributed by atoms with van der Waals surface area (Å²) in [6, 6.07) is 8.98. The third-order valence-electron chi connectivity index (χ3n) is 4.30. The molecule has 0 fully saturated rings. The minimum atomic E-state index is 0.353. The van der Waals surface area contributed by atoms with Crippen molar-refractivity contribution in [2.75, 3.05) is 11.9 Å². The highest BCUT2D eigenvalue weighted by atomic mass is 32.1. The Morgan fingerprint density at radius 3 is 2.86 bits per heavy atom. The minimum absolute atomic E-state index is 0.353. The van der Waals surface area contributed by atoms with Crippen molar-refractivity contribution >= 4 is 34.4 Å². The minimum Gasteiger partial charge on any atom is -0.342 e. The second kappa shape index (κ2) is 5.78. The van der Waals surface area contributed by atoms with Crippen molar-refractivity contribution < 1.29 is 0 Å². The fraction of sp³-hybridized carbons (Fsp3) is 0.353. The molecule has 1 aliphatic heterocycles. The van der Waals surface area contributed by atoms with E-state index >= 15 is 0 Å². The van der Waals surface area contributed by atoms with E-state index < -0.39 is 0 Å². The summed E-state index contributed by atoms with van der Waals surface area (Å²) >= 11 is 7.49. The van der Waals surface area contributed by atoms with Crippen molar-refractivity contribution in [3.63, 3.8) is 0 Å². The molecule has 2 heterocycles. The van der Waals surface area contributed by atoms with Gasteiger partial charge in [-0.3, -0.25) is 0 Å². The van der Waals surface area contributed by atoms with Gasteiger partial charge in [0, 0.05) is 17.1 Å². The summed E-state index contributed by atoms with van der Waals surface area (Å²) in [7, 11) is 0. The van der Waals surface area contributed by atoms with E-state index in [4.69, 9.17) is 12.2 Å². The number of nitrogens with zero attached hydrogens (tertiary/aromatic N) is 1. The first-order valence-corrected chi connectivity index (χ1v) is 8.56. The third kappa shape index (κ3) is 2.83. The van der Waals surface area contributed by atoms with Crippen molar-refractivity contribution in [2.24, 2.45) is 0 Å². The van der Waals surface area contributed by atoms with Crippen molar-refractivity contribution in [2.45, 2.75) is 33.2 Å². The molecule has 0 bridgehead atoms. The number of hydrogen-bond acceptors (Lipinski definition) is 2. The molecule has 0 saturated carbocycles. The smallest absolute Gasteiger partial charge is 0.173 e. The summed E-state index contributed by atoms with van der Waals surface area (Å²) in [6.45, 7) is 7.48. The van der Waals surface area contributed by atoms with Crippen LogP contribution >= 0.6 is 23.6 Å². The number of thiophene rings is 1. The average Bonchev–Trinajstić information content (AvgIpc) is 2.92. The lowest BCUT2D eigenvalue weighted by atomic mass is 10.0. The summed E-state index contributed by atoms with van der Waals surface area (Å²) < 4.78 is 0. The molecule has 1 aromatic heterocycles. The topological polar surface area (TPSA) is 15.3 Å². The van der Waals surface area contributed by atoms with Gasteiger partial charge in [-0.05, 0) is 79.7 Å². The molecule has 0 saturated heterocycles. The Bertz CT molecular complexity index is 675. The first-order chi connectivity index (χ1) is 10.1. The van der Waals surface area contributed by atoms with Gasteiger partial charge >= 0.3 is 0 Å². The first kappa shape index (κ1) is 14.5. The van der Waals surface area contributed by atoms with Gasteiger partial charge in [-0.25, -0.2) is 0 Å². The molecule has 1 N–H and O–H groups in total. The molecule has 2 aromatic rings. The lowest BCUT2D eigenvalue weighted by Crippen LogP contribution is -2.40. The van der Waals surface area contributed by atoms with E-state index in [9.17, 15) is 0 Å². The quantitative estimate of drug-likeness (QED) is 0.769. The van der Waals surface area contributed by atoms with Crippen LogP contribution in [0.15, 0.2) is 29.6 Å². The van der Waals surface area contributed by atoms with Crippen molar-refractivity contribution in [3.05, 3.63) is 51.2 Å². The van der Waals surface area contributed by atoms with Crippen LogP contribution in [0, 0.1) is 13.8 Å². The second-order valence-electron chi connectivity index (χ2n) is 5.65. The third-order valence-corrected chi connectivity index (χ3v) is 5.63. The molecule has 3 rings (SSSR count). The molecule has 0 unspecified atom stereocenters. The summed E-state index contributed by atoms with van der Waals surface area (Å²) in [5, 5.41) is 6.40. The monoisotopic (exact) mass is 316 g/mol. The summed E-state index contributed by atoms with van der Waals surface area (Å²) in [4.78, 5) is 3.80. The van der Waals surface area contributed by atoms with E-state index in [1.165, 1.54) is 21.6 Å². The Kier molecular flexibility index (Phi) is 4.00. The van der Waals surface area contributed by atoms with Gasteiger partial charge < -0.3 is 10.2 Å². The number of hydrogen-bond donors (Lipinski definition) is 1. The van der Waals surface area contributed by atoms with Gasteiger partial charge in [0.1, 0.15) is 0 Å². The van der Waals surface area contributed by atoms with Crippen LogP contribution in [0.5, 0.6) is 0 Å². The van der Waals surface area contributed by atoms with Crippen LogP contribution in [0.3, 0.4) is 0 Å². The number of rotatable bonds is 1. The zero-order valence-corrected chi connectivity index (χ0v) is 14.3. The Balaban J connectivity index is 1.75. The van der Waals surface area contributed by atoms with Crippen molar-refractivity contribution in [3.8, 4) is 0 Å². The Morgan fingerprint density at radius 2 is 2.10 bits per heavy atom. The molecule has 21 heavy (non-hydrogen) atoms. The molecular formula is C17H20N2S2. The molecule has 1 aromatic carbocycles. The van der Waals surface area contributed by atoms with Gasteiger partial charge in [0.15, 0.2) is 5.11 Å². The molecule has 4 heteroatoms. The summed E-state index contributed by atoms with van der Waals surface area (Å²) in [5.74, 6) is 0. The predicted octanol–water partition coefficient (Wildman–Crippen LogP) is 4.68. The highest BCUT2D eigenvalue weighted by molar-refractivity contribution is 7.80. The maximum atomic E-state index is 5.63. The van der Waals surface area contributed by atoms with Crippen LogP contribution in [-0.2, 0) is 6.42 Å². The SMILES string of the molecule is Cc1ccc(NC(=S)N2CCc3sccc3[C@H]2C)cc1C. The fourth-order valence-electron chi connectivity index (χ4n) is 2.80. The molecule has 1 atom stereocenters. The Hall–Kier alpha value is -1.39. The number of nitrogens with one attached hydrogen (secondary N) is 1. The van der Waals surface area contributed by atoms with Crippen LogP contribution in [0.2, 0.25) is 0 Å². The molecule has 110 valence electrons. The molecule has 0 aliphatic carbocycles. The zero-order chi connectivity index (χ0) is 15.0. The first-order valence-electron chi connectivity index (χ1n) is 7.27. The van der Waals surface area contributed by atoms with Crippen molar-refractivity contribution in [1.82, 2.24) is 4.90 Å². The van der Waals surface area contributed by atoms with Crippen molar-refractivity contribution in [1.29, 1.82) is 0 Å². The summed E-state index contributed by atoms with van der Waals surface area (Å²) in [5.41, 5.74) is 5.09. The lowest BCUT2D eigenvalue weighted by Gasteiger charge is -2.35. The van der Waals surface area contributed by atoms with Crippen LogP contribution in [-0.4, -0.2) is 16.6 Å². The number of thiocarbonyl (C=S) groups is 1. The zero-order valence-electron chi connectivity index (χ0n) is 12.6. The molecular weight excluding hydrogens is 296 g/mol. The average molecular weight is 316 g/mol. The normalized spacial score (nSPS) is 17.5. The maximum absolute atomic E-state index is 5.63. The maximum Gasteiger partial charge on any atom is 0.173 e. The molecule has 1 aliphatic rings. The van der Waals surface area contributed by atoms with E-state index in [0.717, 1.165) is 23.8 Å². The number of aryl methyl sites for hydroxylation is 2. The van der Waals surface area contributed by atoms with E-state index in [1.54, 1.807) is 0 Å². The number of fused-ring (bicyclic) bond motifs is 1. The molecule has 0 radical (unpaired) electrons. The number of anilines is 1. The number of benzene rings is 1. The molecule has 0 spiro atoms. The van der Waals surface area contributed by atoms with E-state index in [2.05, 4.69) is 60.6 Å². The Labute approximate surface area is 135 Å². The predicted molar refractivity (Wildman–Crippen MR) is 95.3 cm³/mol. The van der Waals surface area contributed by atoms with Crippen LogP contribution in [0.4, 0.5) is 5.69 Å². The van der Waals surface area contributed by atoms with Crippen LogP contribution < -0.4 is 5.32 Å². The highest BCUT2D eigenvalue weighted by Crippen LogP contribution is 2.33. The van der Waals surface area contributed by atoms with Gasteiger partial charge in [-0.2, -0.15) is 0 Å². The van der Waals surface area contributed by atoms with Crippen LogP contribution in [0.25, 0.3) is 0 Å². The van der Waals surface area contributed by atoms with Gasteiger partial charge in [0.25, 0.3) is 0 Å². The molecule has 0 amide bonds. The summed E-state index contributed by atoms with van der Waals surface area (Å²) in [6.07, 6.45) is 1.09. The van der Waals surface area contributed by atoms with Crippen LogP contribution in [0.1, 0.15) is 34.5 Å². The van der Waals surface area contributed by atoms with Gasteiger partial charge in [-0.15, -0.1) is 11.3 Å². The van der Waals surface area contributed by atoms with E-state index in [0.29, 0.717) is 6.04 Å². The molecule has 2 nitrogen and oxygen atoms in total. The lowest BCUT2D eigenvalue weighted by molar-refractivity contribution is 0.326. The van der Waals surface area contributed by atoms with Gasteiger partial charge in [-0.1, -0.05) is 6.07 Å².